The van der Waals surface area contributed by atoms with Crippen LogP contribution < -0.4 is 10.1 Å². The predicted octanol–water partition coefficient (Wildman–Crippen LogP) is 3.64. The van der Waals surface area contributed by atoms with Crippen molar-refractivity contribution in [2.24, 2.45) is 0 Å². The topological polar surface area (TPSA) is 54.5 Å². The molecule has 0 radical (unpaired) electrons. The molecule has 5 nitrogen and oxygen atoms in total. The number of aryl methyl sites for hydroxylation is 1. The highest BCUT2D eigenvalue weighted by molar-refractivity contribution is 7.10. The van der Waals surface area contributed by atoms with Gasteiger partial charge in [0.15, 0.2) is 0 Å². The summed E-state index contributed by atoms with van der Waals surface area (Å²) in [4.78, 5) is 20.2. The lowest BCUT2D eigenvalue weighted by Gasteiger charge is -2.26. The average Bonchev–Trinajstić information content (AvgIpc) is 3.02. The van der Waals surface area contributed by atoms with Crippen molar-refractivity contribution in [3.8, 4) is 5.88 Å². The van der Waals surface area contributed by atoms with E-state index in [4.69, 9.17) is 4.74 Å². The van der Waals surface area contributed by atoms with Gasteiger partial charge in [0, 0.05) is 30.5 Å². The van der Waals surface area contributed by atoms with Crippen LogP contribution in [0.3, 0.4) is 0 Å². The van der Waals surface area contributed by atoms with Gasteiger partial charge in [-0.2, -0.15) is 4.98 Å². The Bertz CT molecular complexity index is 774. The second-order valence-electron chi connectivity index (χ2n) is 7.01. The van der Waals surface area contributed by atoms with Gasteiger partial charge in [0.25, 0.3) is 0 Å². The number of hydrogen-bond donors (Lipinski definition) is 1. The average molecular weight is 372 g/mol. The summed E-state index contributed by atoms with van der Waals surface area (Å²) in [5, 5.41) is 5.08. The van der Waals surface area contributed by atoms with Crippen LogP contribution in [0, 0.1) is 0 Å². The minimum atomic E-state index is 0.0451. The van der Waals surface area contributed by atoms with Crippen LogP contribution in [-0.4, -0.2) is 35.5 Å². The molecule has 2 aromatic rings. The van der Waals surface area contributed by atoms with E-state index in [-0.39, 0.29) is 5.91 Å². The van der Waals surface area contributed by atoms with Gasteiger partial charge in [-0.15, -0.1) is 11.3 Å². The third-order valence-corrected chi connectivity index (χ3v) is 6.09. The summed E-state index contributed by atoms with van der Waals surface area (Å²) in [6, 6.07) is 6.20. The fraction of sp³-hybridized carbons (Fsp3) is 0.500. The first-order valence-corrected chi connectivity index (χ1v) is 10.4. The zero-order valence-electron chi connectivity index (χ0n) is 15.0. The molecule has 6 heteroatoms. The Morgan fingerprint density at radius 2 is 2.12 bits per heavy atom. The Morgan fingerprint density at radius 1 is 1.15 bits per heavy atom. The number of carbonyl (C=O) groups excluding carboxylic acids is 1. The van der Waals surface area contributed by atoms with Gasteiger partial charge in [-0.3, -0.25) is 9.69 Å². The van der Waals surface area contributed by atoms with E-state index in [1.165, 1.54) is 18.5 Å². The van der Waals surface area contributed by atoms with E-state index >= 15 is 0 Å². The normalized spacial score (nSPS) is 17.2. The number of aromatic nitrogens is 1. The highest BCUT2D eigenvalue weighted by atomic mass is 32.1. The summed E-state index contributed by atoms with van der Waals surface area (Å²) in [7, 11) is 0. The number of fused-ring (bicyclic) bond motifs is 2. The van der Waals surface area contributed by atoms with Crippen molar-refractivity contribution in [3.63, 3.8) is 0 Å². The molecule has 1 N–H and O–H groups in total. The van der Waals surface area contributed by atoms with Gasteiger partial charge in [-0.25, -0.2) is 0 Å². The largest absolute Gasteiger partial charge is 0.478 e. The van der Waals surface area contributed by atoms with Gasteiger partial charge in [-0.1, -0.05) is 0 Å². The van der Waals surface area contributed by atoms with Crippen molar-refractivity contribution >= 4 is 23.1 Å². The van der Waals surface area contributed by atoms with E-state index in [0.29, 0.717) is 24.7 Å². The first kappa shape index (κ1) is 17.5. The summed E-state index contributed by atoms with van der Waals surface area (Å²) in [5.41, 5.74) is 2.61. The van der Waals surface area contributed by atoms with Crippen LogP contribution >= 0.6 is 11.3 Å². The third kappa shape index (κ3) is 4.24. The first-order valence-electron chi connectivity index (χ1n) is 9.48. The molecule has 2 aliphatic heterocycles. The lowest BCUT2D eigenvalue weighted by molar-refractivity contribution is -0.116. The van der Waals surface area contributed by atoms with E-state index in [2.05, 4.69) is 26.6 Å². The monoisotopic (exact) mass is 371 g/mol. The highest BCUT2D eigenvalue weighted by Crippen LogP contribution is 2.25. The summed E-state index contributed by atoms with van der Waals surface area (Å²) in [6.45, 7) is 4.04. The van der Waals surface area contributed by atoms with Crippen LogP contribution in [0.5, 0.6) is 5.88 Å². The molecule has 0 aromatic carbocycles. The first-order chi connectivity index (χ1) is 12.8. The van der Waals surface area contributed by atoms with Crippen LogP contribution in [0.2, 0.25) is 0 Å². The van der Waals surface area contributed by atoms with Crippen LogP contribution in [0.1, 0.15) is 41.7 Å². The van der Waals surface area contributed by atoms with Gasteiger partial charge in [0.2, 0.25) is 11.8 Å². The quantitative estimate of drug-likeness (QED) is 0.788. The molecule has 4 heterocycles. The Morgan fingerprint density at radius 3 is 3.08 bits per heavy atom. The number of pyridine rings is 1. The maximum absolute atomic E-state index is 11.7. The fourth-order valence-electron chi connectivity index (χ4n) is 3.61. The molecule has 2 aliphatic rings. The summed E-state index contributed by atoms with van der Waals surface area (Å²) in [6.07, 6.45) is 5.66. The van der Waals surface area contributed by atoms with Gasteiger partial charge in [0.1, 0.15) is 5.82 Å². The highest BCUT2D eigenvalue weighted by Gasteiger charge is 2.17. The van der Waals surface area contributed by atoms with Gasteiger partial charge >= 0.3 is 0 Å². The molecule has 4 rings (SSSR count). The number of ether oxygens (including phenoxy) is 1. The molecule has 26 heavy (non-hydrogen) atoms. The van der Waals surface area contributed by atoms with E-state index in [9.17, 15) is 4.79 Å². The van der Waals surface area contributed by atoms with Crippen molar-refractivity contribution in [2.75, 3.05) is 25.0 Å². The lowest BCUT2D eigenvalue weighted by atomic mass is 10.1. The van der Waals surface area contributed by atoms with Crippen molar-refractivity contribution < 1.29 is 9.53 Å². The van der Waals surface area contributed by atoms with Gasteiger partial charge in [0.05, 0.1) is 6.61 Å². The van der Waals surface area contributed by atoms with E-state index in [1.54, 1.807) is 4.88 Å². The molecule has 0 saturated carbocycles. The lowest BCUT2D eigenvalue weighted by Crippen LogP contribution is -2.30. The Hall–Kier alpha value is -1.92. The second kappa shape index (κ2) is 8.18. The maximum atomic E-state index is 11.7. The number of nitrogens with zero attached hydrogens (tertiary/aromatic N) is 2. The molecule has 0 aliphatic carbocycles. The van der Waals surface area contributed by atoms with E-state index < -0.39 is 0 Å². The maximum Gasteiger partial charge on any atom is 0.225 e. The Labute approximate surface area is 158 Å². The molecule has 0 bridgehead atoms. The van der Waals surface area contributed by atoms with Crippen molar-refractivity contribution in [3.05, 3.63) is 39.6 Å². The SMILES string of the molecule is O=C1CCCc2ccc(OCCCCN3CCc4sccc4C3)nc2N1. The minimum absolute atomic E-state index is 0.0451. The fourth-order valence-corrected chi connectivity index (χ4v) is 4.50. The van der Waals surface area contributed by atoms with Crippen LogP contribution in [-0.2, 0) is 24.2 Å². The number of rotatable bonds is 6. The second-order valence-corrected chi connectivity index (χ2v) is 8.01. The molecular weight excluding hydrogens is 346 g/mol. The number of hydrogen-bond acceptors (Lipinski definition) is 5. The van der Waals surface area contributed by atoms with Crippen molar-refractivity contribution in [2.45, 2.75) is 45.1 Å². The summed E-state index contributed by atoms with van der Waals surface area (Å²) >= 11 is 1.89. The van der Waals surface area contributed by atoms with Crippen molar-refractivity contribution in [1.82, 2.24) is 9.88 Å². The van der Waals surface area contributed by atoms with Crippen LogP contribution in [0.15, 0.2) is 23.6 Å². The molecule has 0 saturated heterocycles. The molecule has 1 amide bonds. The number of carbonyl (C=O) groups is 1. The Kier molecular flexibility index (Phi) is 5.51. The van der Waals surface area contributed by atoms with Gasteiger partial charge in [-0.05, 0) is 67.3 Å². The zero-order valence-corrected chi connectivity index (χ0v) is 15.8. The zero-order chi connectivity index (χ0) is 17.8. The molecule has 0 atom stereocenters. The molecular formula is C20H25N3O2S. The van der Waals surface area contributed by atoms with Crippen LogP contribution in [0.25, 0.3) is 0 Å². The summed E-state index contributed by atoms with van der Waals surface area (Å²) in [5.74, 6) is 1.32. The number of unbranched alkanes of at least 4 members (excludes halogenated alkanes) is 1. The summed E-state index contributed by atoms with van der Waals surface area (Å²) < 4.78 is 5.80. The van der Waals surface area contributed by atoms with E-state index in [1.807, 2.05) is 23.5 Å². The number of nitrogens with one attached hydrogen (secondary N) is 1. The molecule has 0 fully saturated rings. The third-order valence-electron chi connectivity index (χ3n) is 5.07. The van der Waals surface area contributed by atoms with E-state index in [0.717, 1.165) is 44.3 Å². The predicted molar refractivity (Wildman–Crippen MR) is 104 cm³/mol. The molecule has 0 spiro atoms. The number of thiophene rings is 1. The molecule has 2 aromatic heterocycles. The molecule has 0 unspecified atom stereocenters. The Balaban J connectivity index is 1.20. The standard InChI is InChI=1S/C20H25N3O2S/c24-18-5-3-4-15-6-7-19(22-20(15)21-18)25-12-2-1-10-23-11-8-17-16(14-23)9-13-26-17/h6-7,9,13H,1-5,8,10-12,14H2,(H,21,22,24). The molecule has 138 valence electrons. The van der Waals surface area contributed by atoms with Crippen LogP contribution in [0.4, 0.5) is 5.82 Å². The number of amides is 1. The minimum Gasteiger partial charge on any atom is -0.478 e. The smallest absolute Gasteiger partial charge is 0.225 e. The van der Waals surface area contributed by atoms with Gasteiger partial charge < -0.3 is 10.1 Å². The van der Waals surface area contributed by atoms with Crippen molar-refractivity contribution in [1.29, 1.82) is 0 Å². The number of anilines is 1.